The minimum atomic E-state index is 0.0216. The maximum absolute atomic E-state index is 6.97. The van der Waals surface area contributed by atoms with E-state index in [0.29, 0.717) is 0 Å². The highest BCUT2D eigenvalue weighted by molar-refractivity contribution is 7.33. The largest absolute Gasteiger partial charge is 0.458 e. The summed E-state index contributed by atoms with van der Waals surface area (Å²) in [4.78, 5) is 2.53. The molecule has 2 aliphatic heterocycles. The molecule has 55 heavy (non-hydrogen) atoms. The molecular weight excluding hydrogens is 689 g/mol. The van der Waals surface area contributed by atoms with Crippen molar-refractivity contribution in [2.75, 3.05) is 4.90 Å². The van der Waals surface area contributed by atoms with Crippen LogP contribution in [0.5, 0.6) is 11.5 Å². The zero-order chi connectivity index (χ0) is 37.5. The summed E-state index contributed by atoms with van der Waals surface area (Å²) in [6, 6.07) is 39.2. The zero-order valence-electron chi connectivity index (χ0n) is 32.7. The van der Waals surface area contributed by atoms with Gasteiger partial charge in [-0.1, -0.05) is 102 Å². The molecule has 0 bridgehead atoms. The van der Waals surface area contributed by atoms with Gasteiger partial charge in [-0.05, 0) is 123 Å². The third-order valence-electron chi connectivity index (χ3n) is 12.4. The number of fused-ring (bicyclic) bond motifs is 11. The van der Waals surface area contributed by atoms with E-state index in [4.69, 9.17) is 9.15 Å². The summed E-state index contributed by atoms with van der Waals surface area (Å²) in [5, 5.41) is 3.70. The van der Waals surface area contributed by atoms with Crippen LogP contribution in [0.1, 0.15) is 75.8 Å². The van der Waals surface area contributed by atoms with Gasteiger partial charge in [-0.2, -0.15) is 0 Å². The summed E-state index contributed by atoms with van der Waals surface area (Å²) in [6.45, 7) is 16.0. The molecule has 6 aromatic carbocycles. The van der Waals surface area contributed by atoms with Gasteiger partial charge in [0.2, 0.25) is 0 Å². The lowest BCUT2D eigenvalue weighted by Crippen LogP contribution is -2.58. The first-order valence-electron chi connectivity index (χ1n) is 19.8. The Morgan fingerprint density at radius 2 is 1.40 bits per heavy atom. The average molecular weight is 734 g/mol. The number of ether oxygens (including phenoxy) is 1. The van der Waals surface area contributed by atoms with Crippen molar-refractivity contribution in [3.8, 4) is 22.6 Å². The number of aryl methyl sites for hydroxylation is 3. The van der Waals surface area contributed by atoms with Crippen LogP contribution in [-0.2, 0) is 23.7 Å². The highest BCUT2D eigenvalue weighted by Crippen LogP contribution is 2.48. The van der Waals surface area contributed by atoms with Crippen molar-refractivity contribution in [1.82, 2.24) is 0 Å². The molecular formula is C50H44BNO2S. The van der Waals surface area contributed by atoms with Gasteiger partial charge in [-0.25, -0.2) is 0 Å². The van der Waals surface area contributed by atoms with Crippen LogP contribution < -0.4 is 25.3 Å². The van der Waals surface area contributed by atoms with Gasteiger partial charge in [-0.3, -0.25) is 0 Å². The fraction of sp³-hybridized carbons (Fsp3) is 0.240. The van der Waals surface area contributed by atoms with Crippen LogP contribution in [0, 0.1) is 6.92 Å². The molecule has 0 saturated carbocycles. The zero-order valence-corrected chi connectivity index (χ0v) is 33.5. The Morgan fingerprint density at radius 3 is 2.15 bits per heavy atom. The molecule has 0 spiro atoms. The first-order chi connectivity index (χ1) is 26.4. The predicted molar refractivity (Wildman–Crippen MR) is 235 cm³/mol. The van der Waals surface area contributed by atoms with E-state index in [0.717, 1.165) is 41.2 Å². The molecule has 4 heterocycles. The van der Waals surface area contributed by atoms with Crippen molar-refractivity contribution < 1.29 is 9.15 Å². The molecule has 0 saturated heterocycles. The minimum absolute atomic E-state index is 0.0216. The standard InChI is InChI=1S/C50H44BNO2S/c1-28-23-40-45-43(24-28)53-42-27-41-37(36-21-15-31-9-8-10-35(31)47(36)54-41)26-39(42)51(45)48-46(38-25-33(50(5,6)7)18-22-44(38)55-48)52(40)34-19-13-30(14-20-34)29-11-16-32(17-12-29)49(2,3)4/h11-27H,8-10H2,1-7H3. The van der Waals surface area contributed by atoms with Crippen molar-refractivity contribution in [1.29, 1.82) is 0 Å². The molecule has 0 radical (unpaired) electrons. The number of hydrogen-bond acceptors (Lipinski definition) is 4. The number of anilines is 3. The van der Waals surface area contributed by atoms with Gasteiger partial charge < -0.3 is 14.1 Å². The summed E-state index contributed by atoms with van der Waals surface area (Å²) < 4.78 is 16.3. The fourth-order valence-corrected chi connectivity index (χ4v) is 10.8. The summed E-state index contributed by atoms with van der Waals surface area (Å²) in [5.74, 6) is 1.83. The smallest absolute Gasteiger partial charge is 0.268 e. The van der Waals surface area contributed by atoms with Crippen LogP contribution >= 0.6 is 11.3 Å². The summed E-state index contributed by atoms with van der Waals surface area (Å²) in [7, 11) is 0. The molecule has 8 aromatic rings. The first-order valence-corrected chi connectivity index (χ1v) is 20.6. The molecule has 0 unspecified atom stereocenters. The van der Waals surface area contributed by atoms with Gasteiger partial charge in [0.05, 0.1) is 5.69 Å². The Kier molecular flexibility index (Phi) is 6.86. The average Bonchev–Trinajstić information content (AvgIpc) is 3.88. The molecule has 0 amide bonds. The Labute approximate surface area is 327 Å². The monoisotopic (exact) mass is 733 g/mol. The molecule has 0 N–H and O–H groups in total. The molecule has 0 atom stereocenters. The Bertz CT molecular complexity index is 2900. The van der Waals surface area contributed by atoms with Crippen molar-refractivity contribution in [3.63, 3.8) is 0 Å². The SMILES string of the molecule is Cc1cc2c3c(c1)N(c1ccc(-c4ccc(C(C)(C)C)cc4)cc1)c1c(sc4ccc(C(C)(C)C)cc14)B3c1cc3c(cc1O2)oc1c2c(ccc13)CCC2. The topological polar surface area (TPSA) is 25.6 Å². The van der Waals surface area contributed by atoms with E-state index in [1.807, 2.05) is 11.3 Å². The number of benzene rings is 6. The van der Waals surface area contributed by atoms with E-state index >= 15 is 0 Å². The predicted octanol–water partition coefficient (Wildman–Crippen LogP) is 12.3. The molecule has 270 valence electrons. The van der Waals surface area contributed by atoms with E-state index in [1.54, 1.807) is 0 Å². The van der Waals surface area contributed by atoms with Gasteiger partial charge in [0.15, 0.2) is 0 Å². The number of nitrogens with zero attached hydrogens (tertiary/aromatic N) is 1. The van der Waals surface area contributed by atoms with Gasteiger partial charge in [0.25, 0.3) is 6.71 Å². The number of thiophene rings is 1. The number of furan rings is 1. The molecule has 1 aliphatic carbocycles. The van der Waals surface area contributed by atoms with Crippen LogP contribution in [0.2, 0.25) is 0 Å². The first kappa shape index (κ1) is 33.1. The summed E-state index contributed by atoms with van der Waals surface area (Å²) in [6.07, 6.45) is 3.41. The third kappa shape index (κ3) is 4.95. The van der Waals surface area contributed by atoms with Crippen molar-refractivity contribution in [3.05, 3.63) is 131 Å². The van der Waals surface area contributed by atoms with Crippen LogP contribution in [0.3, 0.4) is 0 Å². The highest BCUT2D eigenvalue weighted by Gasteiger charge is 2.44. The summed E-state index contributed by atoms with van der Waals surface area (Å²) in [5.41, 5.74) is 17.3. The van der Waals surface area contributed by atoms with Crippen LogP contribution in [0.15, 0.2) is 108 Å². The number of hydrogen-bond donors (Lipinski definition) is 0. The third-order valence-corrected chi connectivity index (χ3v) is 13.6. The Morgan fingerprint density at radius 1 is 0.673 bits per heavy atom. The van der Waals surface area contributed by atoms with E-state index in [2.05, 4.69) is 156 Å². The Balaban J connectivity index is 1.14. The fourth-order valence-electron chi connectivity index (χ4n) is 9.46. The lowest BCUT2D eigenvalue weighted by molar-refractivity contribution is 0.486. The van der Waals surface area contributed by atoms with E-state index in [1.165, 1.54) is 93.3 Å². The molecule has 11 rings (SSSR count). The maximum atomic E-state index is 6.97. The van der Waals surface area contributed by atoms with Crippen molar-refractivity contribution >= 4 is 82.8 Å². The second kappa shape index (κ2) is 11.4. The lowest BCUT2D eigenvalue weighted by Gasteiger charge is -2.39. The minimum Gasteiger partial charge on any atom is -0.458 e. The van der Waals surface area contributed by atoms with E-state index in [9.17, 15) is 0 Å². The Hall–Kier alpha value is -5.26. The number of rotatable bonds is 2. The van der Waals surface area contributed by atoms with Gasteiger partial charge in [-0.15, -0.1) is 11.3 Å². The van der Waals surface area contributed by atoms with Crippen LogP contribution in [0.25, 0.3) is 43.2 Å². The molecule has 2 aromatic heterocycles. The van der Waals surface area contributed by atoms with Gasteiger partial charge in [0.1, 0.15) is 22.7 Å². The normalized spacial score (nSPS) is 14.7. The van der Waals surface area contributed by atoms with Crippen molar-refractivity contribution in [2.45, 2.75) is 78.6 Å². The van der Waals surface area contributed by atoms with Crippen molar-refractivity contribution in [2.24, 2.45) is 0 Å². The quantitative estimate of drug-likeness (QED) is 0.165. The second-order valence-corrected chi connectivity index (χ2v) is 19.2. The van der Waals surface area contributed by atoms with Crippen LogP contribution in [-0.4, -0.2) is 6.71 Å². The van der Waals surface area contributed by atoms with Gasteiger partial charge >= 0.3 is 0 Å². The summed E-state index contributed by atoms with van der Waals surface area (Å²) >= 11 is 1.93. The highest BCUT2D eigenvalue weighted by atomic mass is 32.1. The molecule has 5 heteroatoms. The lowest BCUT2D eigenvalue weighted by atomic mass is 9.37. The molecule has 3 nitrogen and oxygen atoms in total. The molecule has 3 aliphatic rings. The maximum Gasteiger partial charge on any atom is 0.268 e. The second-order valence-electron chi connectivity index (χ2n) is 18.1. The van der Waals surface area contributed by atoms with E-state index < -0.39 is 0 Å². The van der Waals surface area contributed by atoms with Gasteiger partial charge in [0, 0.05) is 43.1 Å². The molecule has 0 fully saturated rings. The van der Waals surface area contributed by atoms with Crippen LogP contribution in [0.4, 0.5) is 17.1 Å². The van der Waals surface area contributed by atoms with E-state index in [-0.39, 0.29) is 17.5 Å².